The average Bonchev–Trinajstić information content (AvgIpc) is 2.00. The second kappa shape index (κ2) is 92.3. The summed E-state index contributed by atoms with van der Waals surface area (Å²) in [5.74, 6) is -0.382. The minimum atomic E-state index is -0.757. The topological polar surface area (TPSA) is 268 Å². The first-order valence-corrected chi connectivity index (χ1v) is 33.7. The molecule has 0 aliphatic carbocycles. The summed E-state index contributed by atoms with van der Waals surface area (Å²) in [5, 5.41) is 30.9. The van der Waals surface area contributed by atoms with Gasteiger partial charge in [-0.1, -0.05) is 49.5 Å². The monoisotopic (exact) mass is 1610 g/mol. The van der Waals surface area contributed by atoms with E-state index in [1.54, 1.807) is 30.8 Å². The van der Waals surface area contributed by atoms with Crippen LogP contribution >= 0.6 is 23.2 Å². The number of aliphatic hydroxyl groups excluding tert-OH is 2. The molecule has 23 nitrogen and oxygen atoms in total. The molecule has 4 amide bonds. The predicted octanol–water partition coefficient (Wildman–Crippen LogP) is 7.51. The van der Waals surface area contributed by atoms with Gasteiger partial charge < -0.3 is 83.6 Å². The van der Waals surface area contributed by atoms with Crippen molar-refractivity contribution in [1.29, 1.82) is 0 Å². The molecular formula is C65H134Ar6BCl2FN7O16. The van der Waals surface area contributed by atoms with Crippen molar-refractivity contribution in [3.05, 3.63) is 0 Å². The second-order valence-corrected chi connectivity index (χ2v) is 23.1. The van der Waals surface area contributed by atoms with Gasteiger partial charge in [-0.2, -0.15) is 0 Å². The van der Waals surface area contributed by atoms with E-state index in [0.29, 0.717) is 51.2 Å². The third-order valence-electron chi connectivity index (χ3n) is 14.7. The number of amides is 4. The van der Waals surface area contributed by atoms with E-state index in [9.17, 15) is 28.8 Å². The number of hydrogen-bond donors (Lipinski definition) is 5. The summed E-state index contributed by atoms with van der Waals surface area (Å²) >= 11 is 10.1. The standard InChI is InChI=1S/C14H25NO3.C8H15NO2.C8H17NO.C7H15NO.C7H12O3.C6H12ClNO2.C6H11NO2.C4H11NO.C3H5ClO.2CH4.6Ar.B.FH.H2/c1-2-12-11-15(7-5-9-17-12)14(16)10-13-6-3-4-8-18-13;1-3-7-8(10)9(2)5-4-6-11-7;1-3-8-7-9(2)5-4-6-10-8;1-2-7-6-8-4-3-5-9-7;8-7(9)5-6-3-1-2-4-10-6;1-8(3-2-4-9)6(10)5-7;1-7-3-2-4-9-5-6(7)8;1-5-3-2-4-6;1-2-3(4)5;;;;;;;;;;;/h12-13H,2-11H2,1H3;7H,3-6H2,1-2H3;8H,3-7H2,1-2H3;7-8H,2-6H2,1H3;6H,1-5H2,(H,8,9);9H,2-5H2,1H3;2-5H2,1H3;5-6H,2-4H2,1H3;2H2,1H3;2*1H4;;;;;;;;2*1H/i;;;;;;;;;;;;;;;;;;;1+1. The molecular weight excluding hydrogens is 1480 g/mol. The van der Waals surface area contributed by atoms with Crippen LogP contribution in [0.3, 0.4) is 0 Å². The van der Waals surface area contributed by atoms with E-state index in [0.717, 1.165) is 182 Å². The summed E-state index contributed by atoms with van der Waals surface area (Å²) in [7, 11) is 9.34. The number of hydrogen-bond acceptors (Lipinski definition) is 18. The first-order valence-electron chi connectivity index (χ1n) is 32.8. The number of carboxylic acid groups (broad SMARTS) is 1. The Morgan fingerprint density at radius 2 is 1.08 bits per heavy atom. The molecule has 7 aliphatic heterocycles. The molecule has 0 bridgehead atoms. The van der Waals surface area contributed by atoms with Gasteiger partial charge in [-0.05, 0) is 148 Å². The van der Waals surface area contributed by atoms with Crippen LogP contribution < -0.4 is 10.6 Å². The van der Waals surface area contributed by atoms with Crippen LogP contribution in [0.25, 0.3) is 0 Å². The summed E-state index contributed by atoms with van der Waals surface area (Å²) in [6, 6.07) is 0. The number of aliphatic carboxylic acids is 1. The molecule has 0 aromatic heterocycles. The zero-order valence-corrected chi connectivity index (χ0v) is 65.0. The fourth-order valence-electron chi connectivity index (χ4n) is 9.01. The fraction of sp³-hybridized carbons (Fsp3) is 0.908. The number of ether oxygens (including phenoxy) is 7. The van der Waals surface area contributed by atoms with Crippen LogP contribution in [0.2, 0.25) is 0 Å². The van der Waals surface area contributed by atoms with E-state index in [1.165, 1.54) is 24.3 Å². The molecule has 0 aromatic rings. The molecule has 6 unspecified atom stereocenters. The van der Waals surface area contributed by atoms with E-state index in [1.807, 2.05) is 25.9 Å². The largest absolute Gasteiger partial charge is 0.481 e. The maximum absolute atomic E-state index is 12.3. The van der Waals surface area contributed by atoms with E-state index >= 15 is 0 Å². The quantitative estimate of drug-likeness (QED) is 0.0433. The molecule has 7 heterocycles. The van der Waals surface area contributed by atoms with Crippen molar-refractivity contribution in [2.24, 2.45) is 0 Å². The number of halogens is 3. The van der Waals surface area contributed by atoms with E-state index in [4.69, 9.17) is 71.7 Å². The Bertz CT molecular complexity index is 1760. The first-order chi connectivity index (χ1) is 42.3. The van der Waals surface area contributed by atoms with Crippen LogP contribution in [0.5, 0.6) is 0 Å². The molecule has 0 aromatic carbocycles. The van der Waals surface area contributed by atoms with Crippen molar-refractivity contribution in [3.63, 3.8) is 0 Å². The molecule has 7 saturated heterocycles. The van der Waals surface area contributed by atoms with Gasteiger partial charge in [0.05, 0.1) is 43.4 Å². The molecule has 7 rings (SSSR count). The van der Waals surface area contributed by atoms with E-state index in [-0.39, 0.29) is 335 Å². The Labute approximate surface area is 786 Å². The molecule has 3 radical (unpaired) electrons. The molecule has 33 heteroatoms. The van der Waals surface area contributed by atoms with Crippen LogP contribution in [0.1, 0.15) is 179 Å². The first kappa shape index (κ1) is 129. The summed E-state index contributed by atoms with van der Waals surface area (Å²) in [6.45, 7) is 25.7. The van der Waals surface area contributed by atoms with Crippen LogP contribution in [0.4, 0.5) is 4.70 Å². The third kappa shape index (κ3) is 77.4. The number of nitrogens with one attached hydrogen (secondary N) is 2. The van der Waals surface area contributed by atoms with Crippen LogP contribution in [0.15, 0.2) is 0 Å². The van der Waals surface area contributed by atoms with Crippen molar-refractivity contribution in [2.75, 3.05) is 173 Å². The van der Waals surface area contributed by atoms with Crippen LogP contribution in [-0.2, 0) is 61.9 Å². The van der Waals surface area contributed by atoms with Gasteiger partial charge in [0.15, 0.2) is 0 Å². The van der Waals surface area contributed by atoms with Crippen LogP contribution in [-0.4, -0.2) is 292 Å². The van der Waals surface area contributed by atoms with Gasteiger partial charge in [0, 0.05) is 376 Å². The molecule has 0 saturated carbocycles. The van der Waals surface area contributed by atoms with Gasteiger partial charge in [-0.15, -0.1) is 11.6 Å². The molecule has 0 spiro atoms. The van der Waals surface area contributed by atoms with E-state index < -0.39 is 5.97 Å². The average molecular weight is 1610 g/mol. The summed E-state index contributed by atoms with van der Waals surface area (Å²) in [5.41, 5.74) is 0. The Kier molecular flexibility index (Phi) is 122. The number of alkyl halides is 1. The van der Waals surface area contributed by atoms with Crippen molar-refractivity contribution in [2.45, 2.75) is 215 Å². The maximum atomic E-state index is 12.3. The van der Waals surface area contributed by atoms with Gasteiger partial charge in [0.2, 0.25) is 23.0 Å². The predicted molar refractivity (Wildman–Crippen MR) is 371 cm³/mol. The zero-order chi connectivity index (χ0) is 66.2. The number of nitrogens with zero attached hydrogens (tertiary/aromatic N) is 5. The Morgan fingerprint density at radius 1 is 0.622 bits per heavy atom. The Hall–Kier alpha value is 4.67. The molecule has 6 atom stereocenters. The number of aliphatic hydroxyl groups is 2. The maximum Gasteiger partial charge on any atom is 0.305 e. The van der Waals surface area contributed by atoms with E-state index in [2.05, 4.69) is 43.4 Å². The third-order valence-corrected chi connectivity index (χ3v) is 15.2. The van der Waals surface area contributed by atoms with Crippen LogP contribution in [0, 0.1) is 226 Å². The van der Waals surface area contributed by atoms with Crippen molar-refractivity contribution < 1.29 is 310 Å². The van der Waals surface area contributed by atoms with Gasteiger partial charge >= 0.3 is 5.97 Å². The normalized spacial score (nSPS) is 20.9. The summed E-state index contributed by atoms with van der Waals surface area (Å²) in [6.07, 6.45) is 19.4. The molecule has 98 heavy (non-hydrogen) atoms. The molecule has 7 aliphatic rings. The minimum Gasteiger partial charge on any atom is -0.481 e. The van der Waals surface area contributed by atoms with Crippen molar-refractivity contribution in [1.82, 2.24) is 35.1 Å². The number of carbonyl (C=O) groups is 6. The number of rotatable bonds is 16. The number of carbonyl (C=O) groups excluding carboxylic acids is 5. The molecule has 7 fully saturated rings. The second-order valence-electron chi connectivity index (χ2n) is 22.4. The minimum absolute atomic E-state index is 0. The SMILES string of the molecule is C.C.CCC(=O)Cl.CCC1CN(C(=O)CC2CCCCO2)CCCO1.CCC1CN(C)CCCO1.CCC1CNCCCO1.CCC1OCCCN(C)C1=O.CN(CCCO)C(=O)CCl.CN1CCCOCC1=O.CNCCCO.F.O=C(O)CC1CCCCO1.[2HH].[Ar].[Ar].[Ar].[Ar].[Ar].[Ar].[B]. The van der Waals surface area contributed by atoms with Crippen molar-refractivity contribution in [3.8, 4) is 0 Å². The number of likely N-dealkylation sites (N-methyl/N-ethyl adjacent to an activating group) is 3. The number of carboxylic acids is 1. The van der Waals surface area contributed by atoms with Gasteiger partial charge in [0.25, 0.3) is 5.91 Å². The summed E-state index contributed by atoms with van der Waals surface area (Å²) in [4.78, 5) is 74.2. The molecule has 597 valence electrons. The Morgan fingerprint density at radius 3 is 1.55 bits per heavy atom. The Balaban J connectivity index is -0.0000000768. The summed E-state index contributed by atoms with van der Waals surface area (Å²) < 4.78 is 38.0. The van der Waals surface area contributed by atoms with Crippen molar-refractivity contribution >= 4 is 66.5 Å². The zero-order valence-electron chi connectivity index (χ0n) is 59.2. The van der Waals surface area contributed by atoms with Gasteiger partial charge in [-0.3, -0.25) is 33.5 Å². The fourth-order valence-corrected chi connectivity index (χ4v) is 9.22. The van der Waals surface area contributed by atoms with Gasteiger partial charge in [0.1, 0.15) is 18.6 Å². The molecule has 5 N–H and O–H groups in total. The smallest absolute Gasteiger partial charge is 0.305 e. The van der Waals surface area contributed by atoms with Gasteiger partial charge in [-0.25, -0.2) is 0 Å².